The number of benzene rings is 1. The topological polar surface area (TPSA) is 92.4 Å². The van der Waals surface area contributed by atoms with Crippen LogP contribution in [-0.4, -0.2) is 32.9 Å². The summed E-state index contributed by atoms with van der Waals surface area (Å²) in [6.07, 6.45) is 2.72. The molecule has 4 N–H and O–H groups in total. The number of unbranched alkanes of at least 4 members (excludes halogenated alkanes) is 1. The lowest BCUT2D eigenvalue weighted by Gasteiger charge is -2.10. The van der Waals surface area contributed by atoms with Crippen LogP contribution in [0.15, 0.2) is 23.1 Å². The molecule has 1 aromatic carbocycles. The molecule has 1 aromatic rings. The number of aliphatic hydroxyl groups is 1. The van der Waals surface area contributed by atoms with Crippen LogP contribution in [0.5, 0.6) is 0 Å². The van der Waals surface area contributed by atoms with Crippen LogP contribution in [0, 0.1) is 0 Å². The second-order valence-corrected chi connectivity index (χ2v) is 5.89. The fraction of sp³-hybridized carbons (Fsp3) is 0.455. The predicted molar refractivity (Wildman–Crippen MR) is 68.8 cm³/mol. The highest BCUT2D eigenvalue weighted by atomic mass is 32.2. The molecule has 0 atom stereocenters. The summed E-state index contributed by atoms with van der Waals surface area (Å²) in [5.74, 6) is 0. The Morgan fingerprint density at radius 2 is 2.06 bits per heavy atom. The summed E-state index contributed by atoms with van der Waals surface area (Å²) in [5, 5.41) is 11.7. The minimum absolute atomic E-state index is 0.171. The second-order valence-electron chi connectivity index (χ2n) is 3.88. The highest BCUT2D eigenvalue weighted by molar-refractivity contribution is 7.90. The minimum Gasteiger partial charge on any atom is -0.397 e. The number of nitrogen functional groups attached to an aromatic ring is 1. The molecule has 0 saturated carbocycles. The van der Waals surface area contributed by atoms with Crippen molar-refractivity contribution in [2.24, 2.45) is 0 Å². The molecule has 6 heteroatoms. The fourth-order valence-electron chi connectivity index (χ4n) is 1.39. The van der Waals surface area contributed by atoms with E-state index in [2.05, 4.69) is 5.32 Å². The van der Waals surface area contributed by atoms with Crippen LogP contribution in [0.1, 0.15) is 12.8 Å². The molecule has 0 spiro atoms. The van der Waals surface area contributed by atoms with E-state index in [4.69, 9.17) is 10.8 Å². The third-order valence-electron chi connectivity index (χ3n) is 2.35. The van der Waals surface area contributed by atoms with Gasteiger partial charge in [-0.05, 0) is 31.0 Å². The van der Waals surface area contributed by atoms with E-state index in [1.165, 1.54) is 12.1 Å². The molecule has 0 saturated heterocycles. The molecule has 0 heterocycles. The number of rotatable bonds is 6. The molecular formula is C11H18N2O3S. The summed E-state index contributed by atoms with van der Waals surface area (Å²) < 4.78 is 22.6. The number of aliphatic hydroxyl groups excluding tert-OH is 1. The number of nitrogens with two attached hydrogens (primary N) is 1. The monoisotopic (exact) mass is 258 g/mol. The number of nitrogens with one attached hydrogen (secondary N) is 1. The van der Waals surface area contributed by atoms with Crippen LogP contribution < -0.4 is 11.1 Å². The van der Waals surface area contributed by atoms with Crippen LogP contribution >= 0.6 is 0 Å². The Morgan fingerprint density at radius 3 is 2.59 bits per heavy atom. The average molecular weight is 258 g/mol. The Kier molecular flexibility index (Phi) is 4.77. The molecule has 1 rings (SSSR count). The van der Waals surface area contributed by atoms with Gasteiger partial charge in [-0.1, -0.05) is 0 Å². The fourth-order valence-corrected chi connectivity index (χ4v) is 2.05. The second kappa shape index (κ2) is 5.88. The van der Waals surface area contributed by atoms with Gasteiger partial charge in [0.15, 0.2) is 9.84 Å². The smallest absolute Gasteiger partial charge is 0.175 e. The first kappa shape index (κ1) is 13.8. The van der Waals surface area contributed by atoms with E-state index in [-0.39, 0.29) is 11.5 Å². The van der Waals surface area contributed by atoms with Crippen LogP contribution in [0.25, 0.3) is 0 Å². The van der Waals surface area contributed by atoms with Crippen LogP contribution in [0.2, 0.25) is 0 Å². The molecule has 0 bridgehead atoms. The third-order valence-corrected chi connectivity index (χ3v) is 3.46. The van der Waals surface area contributed by atoms with Crippen molar-refractivity contribution in [2.45, 2.75) is 17.7 Å². The SMILES string of the molecule is CS(=O)(=O)c1ccc(NCCCCO)c(N)c1. The molecule has 0 amide bonds. The first-order valence-electron chi connectivity index (χ1n) is 5.39. The first-order valence-corrected chi connectivity index (χ1v) is 7.28. The Morgan fingerprint density at radius 1 is 1.35 bits per heavy atom. The molecule has 0 aromatic heterocycles. The Labute approximate surface area is 102 Å². The van der Waals surface area contributed by atoms with Gasteiger partial charge in [-0.3, -0.25) is 0 Å². The van der Waals surface area contributed by atoms with Gasteiger partial charge in [0.1, 0.15) is 0 Å². The van der Waals surface area contributed by atoms with Crippen molar-refractivity contribution in [1.29, 1.82) is 0 Å². The van der Waals surface area contributed by atoms with Crippen molar-refractivity contribution in [2.75, 3.05) is 30.5 Å². The van der Waals surface area contributed by atoms with Crippen LogP contribution in [-0.2, 0) is 9.84 Å². The Bertz CT molecular complexity index is 472. The van der Waals surface area contributed by atoms with Crippen molar-refractivity contribution in [3.05, 3.63) is 18.2 Å². The molecule has 0 unspecified atom stereocenters. The molecule has 0 aliphatic rings. The number of hydrogen-bond acceptors (Lipinski definition) is 5. The highest BCUT2D eigenvalue weighted by Gasteiger charge is 2.08. The van der Waals surface area contributed by atoms with Gasteiger partial charge < -0.3 is 16.2 Å². The van der Waals surface area contributed by atoms with E-state index in [0.29, 0.717) is 12.2 Å². The van der Waals surface area contributed by atoms with E-state index in [1.54, 1.807) is 6.07 Å². The standard InChI is InChI=1S/C11H18N2O3S/c1-17(15,16)9-4-5-11(10(12)8-9)13-6-2-3-7-14/h4-5,8,13-14H,2-3,6-7,12H2,1H3. The normalized spacial score (nSPS) is 11.4. The van der Waals surface area contributed by atoms with E-state index >= 15 is 0 Å². The third kappa shape index (κ3) is 4.24. The van der Waals surface area contributed by atoms with Gasteiger partial charge >= 0.3 is 0 Å². The van der Waals surface area contributed by atoms with E-state index in [1.807, 2.05) is 0 Å². The van der Waals surface area contributed by atoms with E-state index in [9.17, 15) is 8.42 Å². The van der Waals surface area contributed by atoms with Gasteiger partial charge in [0.2, 0.25) is 0 Å². The average Bonchev–Trinajstić information content (AvgIpc) is 2.24. The number of hydrogen-bond donors (Lipinski definition) is 3. The van der Waals surface area contributed by atoms with Crippen LogP contribution in [0.3, 0.4) is 0 Å². The molecule has 0 radical (unpaired) electrons. The largest absolute Gasteiger partial charge is 0.397 e. The van der Waals surface area contributed by atoms with Gasteiger partial charge in [-0.2, -0.15) is 0 Å². The van der Waals surface area contributed by atoms with Crippen LogP contribution in [0.4, 0.5) is 11.4 Å². The number of anilines is 2. The summed E-state index contributed by atoms with van der Waals surface area (Å²) in [4.78, 5) is 0.218. The summed E-state index contributed by atoms with van der Waals surface area (Å²) in [5.41, 5.74) is 6.89. The Hall–Kier alpha value is -1.27. The van der Waals surface area contributed by atoms with Crippen molar-refractivity contribution >= 4 is 21.2 Å². The molecule has 96 valence electrons. The van der Waals surface area contributed by atoms with Gasteiger partial charge in [0.05, 0.1) is 16.3 Å². The van der Waals surface area contributed by atoms with Crippen molar-refractivity contribution < 1.29 is 13.5 Å². The van der Waals surface area contributed by atoms with Gasteiger partial charge in [-0.25, -0.2) is 8.42 Å². The van der Waals surface area contributed by atoms with Crippen molar-refractivity contribution in [1.82, 2.24) is 0 Å². The zero-order valence-corrected chi connectivity index (χ0v) is 10.6. The van der Waals surface area contributed by atoms with E-state index in [0.717, 1.165) is 24.8 Å². The maximum atomic E-state index is 11.3. The van der Waals surface area contributed by atoms with Gasteiger partial charge in [0.25, 0.3) is 0 Å². The van der Waals surface area contributed by atoms with Gasteiger partial charge in [0, 0.05) is 19.4 Å². The summed E-state index contributed by atoms with van der Waals surface area (Å²) in [7, 11) is -3.21. The quantitative estimate of drug-likeness (QED) is 0.520. The maximum absolute atomic E-state index is 11.3. The predicted octanol–water partition coefficient (Wildman–Crippen LogP) is 0.857. The lowest BCUT2D eigenvalue weighted by Crippen LogP contribution is -2.06. The molecular weight excluding hydrogens is 240 g/mol. The summed E-state index contributed by atoms with van der Waals surface area (Å²) >= 11 is 0. The minimum atomic E-state index is -3.21. The lowest BCUT2D eigenvalue weighted by atomic mass is 10.2. The summed E-state index contributed by atoms with van der Waals surface area (Å²) in [6.45, 7) is 0.868. The molecule has 0 aliphatic heterocycles. The molecule has 0 fully saturated rings. The first-order chi connectivity index (χ1) is 7.95. The van der Waals surface area contributed by atoms with Gasteiger partial charge in [-0.15, -0.1) is 0 Å². The number of sulfone groups is 1. The zero-order valence-electron chi connectivity index (χ0n) is 9.81. The highest BCUT2D eigenvalue weighted by Crippen LogP contribution is 2.22. The molecule has 5 nitrogen and oxygen atoms in total. The zero-order chi connectivity index (χ0) is 12.9. The maximum Gasteiger partial charge on any atom is 0.175 e. The Balaban J connectivity index is 2.70. The lowest BCUT2D eigenvalue weighted by molar-refractivity contribution is 0.286. The summed E-state index contributed by atoms with van der Waals surface area (Å²) in [6, 6.07) is 4.63. The van der Waals surface area contributed by atoms with Crippen molar-refractivity contribution in [3.8, 4) is 0 Å². The van der Waals surface area contributed by atoms with E-state index < -0.39 is 9.84 Å². The van der Waals surface area contributed by atoms with Crippen molar-refractivity contribution in [3.63, 3.8) is 0 Å². The molecule has 0 aliphatic carbocycles. The molecule has 17 heavy (non-hydrogen) atoms.